The van der Waals surface area contributed by atoms with E-state index in [9.17, 15) is 8.42 Å². The van der Waals surface area contributed by atoms with E-state index in [0.29, 0.717) is 17.0 Å². The van der Waals surface area contributed by atoms with Gasteiger partial charge in [-0.1, -0.05) is 27.7 Å². The smallest absolute Gasteiger partial charge is 0.156 e. The van der Waals surface area contributed by atoms with Gasteiger partial charge >= 0.3 is 0 Å². The predicted octanol–water partition coefficient (Wildman–Crippen LogP) is 2.95. The Balaban J connectivity index is 3.04. The van der Waals surface area contributed by atoms with Gasteiger partial charge in [-0.3, -0.25) is 0 Å². The van der Waals surface area contributed by atoms with Crippen LogP contribution < -0.4 is 5.32 Å². The molecule has 20 heavy (non-hydrogen) atoms. The van der Waals surface area contributed by atoms with Crippen molar-refractivity contribution in [1.82, 2.24) is 10.3 Å². The van der Waals surface area contributed by atoms with Gasteiger partial charge < -0.3 is 5.32 Å². The normalized spacial score (nSPS) is 14.2. The fraction of sp³-hybridized carbons (Fsp3) is 0.786. The van der Waals surface area contributed by atoms with Crippen molar-refractivity contribution in [2.24, 2.45) is 5.92 Å². The van der Waals surface area contributed by atoms with Crippen LogP contribution >= 0.6 is 11.3 Å². The van der Waals surface area contributed by atoms with Crippen molar-refractivity contribution in [2.45, 2.75) is 58.9 Å². The molecule has 0 bridgehead atoms. The first-order valence-corrected chi connectivity index (χ1v) is 9.79. The zero-order chi connectivity index (χ0) is 15.5. The van der Waals surface area contributed by atoms with Crippen molar-refractivity contribution >= 4 is 21.2 Å². The summed E-state index contributed by atoms with van der Waals surface area (Å²) in [5.74, 6) is 0.510. The van der Waals surface area contributed by atoms with Crippen LogP contribution in [0.3, 0.4) is 0 Å². The summed E-state index contributed by atoms with van der Waals surface area (Å²) in [4.78, 5) is 5.76. The maximum absolute atomic E-state index is 11.7. The van der Waals surface area contributed by atoms with Crippen molar-refractivity contribution in [3.8, 4) is 0 Å². The SMILES string of the molecule is CC(C)Cc1nc(C(C)S(C)(=O)=O)sc1CNC(C)C. The number of hydrogen-bond acceptors (Lipinski definition) is 5. The third-order valence-electron chi connectivity index (χ3n) is 3.06. The molecule has 0 aliphatic heterocycles. The highest BCUT2D eigenvalue weighted by atomic mass is 32.2. The molecule has 1 rings (SSSR count). The van der Waals surface area contributed by atoms with E-state index in [0.717, 1.165) is 23.5 Å². The molecule has 1 unspecified atom stereocenters. The zero-order valence-electron chi connectivity index (χ0n) is 13.2. The molecule has 1 aromatic heterocycles. The second kappa shape index (κ2) is 7.00. The average molecular weight is 319 g/mol. The molecular formula is C14H26N2O2S2. The van der Waals surface area contributed by atoms with Gasteiger partial charge in [0.25, 0.3) is 0 Å². The minimum absolute atomic E-state index is 0.403. The lowest BCUT2D eigenvalue weighted by atomic mass is 10.1. The predicted molar refractivity (Wildman–Crippen MR) is 85.9 cm³/mol. The quantitative estimate of drug-likeness (QED) is 0.840. The summed E-state index contributed by atoms with van der Waals surface area (Å²) in [6.45, 7) is 11.0. The number of aromatic nitrogens is 1. The van der Waals surface area contributed by atoms with Crippen molar-refractivity contribution < 1.29 is 8.42 Å². The summed E-state index contributed by atoms with van der Waals surface area (Å²) >= 11 is 1.53. The molecule has 1 heterocycles. The summed E-state index contributed by atoms with van der Waals surface area (Å²) in [6, 6.07) is 0.403. The Kier molecular flexibility index (Phi) is 6.16. The standard InChI is InChI=1S/C14H26N2O2S2/c1-9(2)7-12-13(8-15-10(3)4)19-14(16-12)11(5)20(6,17)18/h9-11,15H,7-8H2,1-6H3. The van der Waals surface area contributed by atoms with Crippen molar-refractivity contribution in [1.29, 1.82) is 0 Å². The van der Waals surface area contributed by atoms with Gasteiger partial charge in [0.15, 0.2) is 9.84 Å². The minimum atomic E-state index is -3.09. The highest BCUT2D eigenvalue weighted by molar-refractivity contribution is 7.91. The van der Waals surface area contributed by atoms with Crippen molar-refractivity contribution in [3.63, 3.8) is 0 Å². The fourth-order valence-corrected chi connectivity index (χ4v) is 3.81. The van der Waals surface area contributed by atoms with E-state index >= 15 is 0 Å². The van der Waals surface area contributed by atoms with Gasteiger partial charge in [0, 0.05) is 23.7 Å². The third kappa shape index (κ3) is 5.14. The van der Waals surface area contributed by atoms with E-state index in [-0.39, 0.29) is 0 Å². The van der Waals surface area contributed by atoms with Gasteiger partial charge in [0.1, 0.15) is 10.3 Å². The fourth-order valence-electron chi connectivity index (χ4n) is 1.74. The summed E-state index contributed by atoms with van der Waals surface area (Å²) in [5, 5.41) is 3.58. The summed E-state index contributed by atoms with van der Waals surface area (Å²) in [7, 11) is -3.09. The molecule has 0 aliphatic carbocycles. The van der Waals surface area contributed by atoms with Crippen LogP contribution in [0.1, 0.15) is 55.4 Å². The lowest BCUT2D eigenvalue weighted by molar-refractivity contribution is 0.581. The topological polar surface area (TPSA) is 59.1 Å². The maximum Gasteiger partial charge on any atom is 0.156 e. The molecule has 1 atom stereocenters. The Morgan fingerprint density at radius 3 is 2.25 bits per heavy atom. The van der Waals surface area contributed by atoms with Gasteiger partial charge in [0.05, 0.1) is 5.69 Å². The molecule has 6 heteroatoms. The molecule has 0 radical (unpaired) electrons. The van der Waals surface area contributed by atoms with Gasteiger partial charge in [0.2, 0.25) is 0 Å². The van der Waals surface area contributed by atoms with Crippen LogP contribution in [0, 0.1) is 5.92 Å². The first-order valence-electron chi connectivity index (χ1n) is 7.02. The number of nitrogens with zero attached hydrogens (tertiary/aromatic N) is 1. The van der Waals surface area contributed by atoms with Crippen LogP contribution in [0.5, 0.6) is 0 Å². The maximum atomic E-state index is 11.7. The number of sulfone groups is 1. The van der Waals surface area contributed by atoms with Gasteiger partial charge in [-0.15, -0.1) is 11.3 Å². The number of rotatable bonds is 7. The zero-order valence-corrected chi connectivity index (χ0v) is 14.9. The third-order valence-corrected chi connectivity index (χ3v) is 5.99. The lowest BCUT2D eigenvalue weighted by Gasteiger charge is -2.08. The molecule has 4 nitrogen and oxygen atoms in total. The Hall–Kier alpha value is -0.460. The Labute approximate surface area is 126 Å². The Bertz CT molecular complexity index is 533. The molecule has 0 saturated heterocycles. The van der Waals surface area contributed by atoms with E-state index in [1.807, 2.05) is 0 Å². The van der Waals surface area contributed by atoms with Crippen LogP contribution in [-0.2, 0) is 22.8 Å². The molecule has 0 saturated carbocycles. The van der Waals surface area contributed by atoms with E-state index < -0.39 is 15.1 Å². The molecule has 0 aromatic carbocycles. The molecule has 1 aromatic rings. The van der Waals surface area contributed by atoms with Crippen molar-refractivity contribution in [2.75, 3.05) is 6.26 Å². The van der Waals surface area contributed by atoms with Crippen LogP contribution in [0.4, 0.5) is 0 Å². The molecule has 0 spiro atoms. The number of thiazole rings is 1. The second-order valence-electron chi connectivity index (χ2n) is 6.03. The highest BCUT2D eigenvalue weighted by Gasteiger charge is 2.23. The van der Waals surface area contributed by atoms with Gasteiger partial charge in [-0.2, -0.15) is 0 Å². The monoisotopic (exact) mass is 318 g/mol. The van der Waals surface area contributed by atoms with E-state index in [1.165, 1.54) is 17.6 Å². The Morgan fingerprint density at radius 2 is 1.80 bits per heavy atom. The second-order valence-corrected chi connectivity index (χ2v) is 9.51. The molecular weight excluding hydrogens is 292 g/mol. The summed E-state index contributed by atoms with van der Waals surface area (Å²) in [6.07, 6.45) is 2.16. The Morgan fingerprint density at radius 1 is 1.20 bits per heavy atom. The van der Waals surface area contributed by atoms with E-state index in [1.54, 1.807) is 6.92 Å². The van der Waals surface area contributed by atoms with E-state index in [4.69, 9.17) is 0 Å². The van der Waals surface area contributed by atoms with Crippen LogP contribution in [-0.4, -0.2) is 25.7 Å². The van der Waals surface area contributed by atoms with Gasteiger partial charge in [-0.05, 0) is 19.3 Å². The molecule has 0 fully saturated rings. The first-order chi connectivity index (χ1) is 9.11. The average Bonchev–Trinajstić information content (AvgIpc) is 2.66. The highest BCUT2D eigenvalue weighted by Crippen LogP contribution is 2.29. The first kappa shape index (κ1) is 17.6. The van der Waals surface area contributed by atoms with Gasteiger partial charge in [-0.25, -0.2) is 13.4 Å². The molecule has 0 aliphatic rings. The van der Waals surface area contributed by atoms with Crippen LogP contribution in [0.15, 0.2) is 0 Å². The summed E-state index contributed by atoms with van der Waals surface area (Å²) < 4.78 is 23.4. The van der Waals surface area contributed by atoms with E-state index in [2.05, 4.69) is 38.0 Å². The van der Waals surface area contributed by atoms with Crippen molar-refractivity contribution in [3.05, 3.63) is 15.6 Å². The number of hydrogen-bond donors (Lipinski definition) is 1. The molecule has 116 valence electrons. The number of nitrogens with one attached hydrogen (secondary N) is 1. The largest absolute Gasteiger partial charge is 0.310 e. The van der Waals surface area contributed by atoms with Crippen LogP contribution in [0.2, 0.25) is 0 Å². The molecule has 0 amide bonds. The molecule has 1 N–H and O–H groups in total. The minimum Gasteiger partial charge on any atom is -0.310 e. The summed E-state index contributed by atoms with van der Waals surface area (Å²) in [5.41, 5.74) is 1.05. The lowest BCUT2D eigenvalue weighted by Crippen LogP contribution is -2.22. The van der Waals surface area contributed by atoms with Crippen LogP contribution in [0.25, 0.3) is 0 Å².